The summed E-state index contributed by atoms with van der Waals surface area (Å²) in [5.41, 5.74) is 4.49. The number of rotatable bonds is 2. The fraction of sp³-hybridized carbons (Fsp3) is 0.480. The van der Waals surface area contributed by atoms with Crippen molar-refractivity contribution in [3.63, 3.8) is 0 Å². The van der Waals surface area contributed by atoms with Crippen LogP contribution in [0.5, 0.6) is 0 Å². The lowest BCUT2D eigenvalue weighted by Crippen LogP contribution is -2.56. The van der Waals surface area contributed by atoms with E-state index in [1.165, 1.54) is 11.1 Å². The minimum Gasteiger partial charge on any atom is -0.342 e. The van der Waals surface area contributed by atoms with Gasteiger partial charge < -0.3 is 10.2 Å². The highest BCUT2D eigenvalue weighted by Crippen LogP contribution is 2.46. The van der Waals surface area contributed by atoms with Crippen LogP contribution in [0.15, 0.2) is 36.5 Å². The van der Waals surface area contributed by atoms with E-state index in [2.05, 4.69) is 35.4 Å². The van der Waals surface area contributed by atoms with Crippen LogP contribution < -0.4 is 5.32 Å². The van der Waals surface area contributed by atoms with E-state index in [9.17, 15) is 9.59 Å². The number of pyridine rings is 1. The topological polar surface area (TPSA) is 62.3 Å². The maximum absolute atomic E-state index is 12.2. The number of benzene rings is 1. The minimum atomic E-state index is -0.454. The molecule has 1 fully saturated rings. The van der Waals surface area contributed by atoms with Gasteiger partial charge in [-0.15, -0.1) is 0 Å². The molecule has 0 unspecified atom stereocenters. The van der Waals surface area contributed by atoms with Gasteiger partial charge in [0.25, 0.3) is 0 Å². The summed E-state index contributed by atoms with van der Waals surface area (Å²) in [7, 11) is 1.95. The number of aromatic nitrogens is 1. The molecule has 4 rings (SSSR count). The summed E-state index contributed by atoms with van der Waals surface area (Å²) >= 11 is 0. The van der Waals surface area contributed by atoms with Crippen LogP contribution in [0.3, 0.4) is 0 Å². The van der Waals surface area contributed by atoms with Crippen molar-refractivity contribution in [1.82, 2.24) is 9.88 Å². The fourth-order valence-electron chi connectivity index (χ4n) is 4.91. The second-order valence-corrected chi connectivity index (χ2v) is 9.98. The first-order valence-electron chi connectivity index (χ1n) is 10.8. The number of likely N-dealkylation sites (tertiary alicyclic amines) is 1. The Morgan fingerprint density at radius 1 is 1.17 bits per heavy atom. The Morgan fingerprint density at radius 2 is 1.90 bits per heavy atom. The van der Waals surface area contributed by atoms with Crippen LogP contribution in [0.25, 0.3) is 11.1 Å². The summed E-state index contributed by atoms with van der Waals surface area (Å²) in [5, 5.41) is 2.87. The van der Waals surface area contributed by atoms with E-state index >= 15 is 0 Å². The Hall–Kier alpha value is -2.69. The number of carbonyl (C=O) groups excluding carboxylic acids is 2. The Bertz CT molecular complexity index is 990. The maximum atomic E-state index is 12.2. The molecule has 1 aliphatic carbocycles. The van der Waals surface area contributed by atoms with Gasteiger partial charge in [0.05, 0.1) is 0 Å². The number of hydrogen-bond acceptors (Lipinski definition) is 3. The first kappa shape index (κ1) is 20.6. The molecule has 158 valence electrons. The number of aryl methyl sites for hydroxylation is 1. The highest BCUT2D eigenvalue weighted by molar-refractivity contribution is 5.93. The lowest BCUT2D eigenvalue weighted by molar-refractivity contribution is -0.138. The number of nitrogens with one attached hydrogen (secondary N) is 1. The van der Waals surface area contributed by atoms with E-state index in [0.717, 1.165) is 30.4 Å². The predicted molar refractivity (Wildman–Crippen MR) is 119 cm³/mol. The molecule has 1 aromatic heterocycles. The molecule has 1 saturated heterocycles. The number of likely N-dealkylation sites (N-methyl/N-ethyl adjacent to an activating group) is 1. The predicted octanol–water partition coefficient (Wildman–Crippen LogP) is 4.56. The molecule has 2 aromatic rings. The number of fused-ring (bicyclic) bond motifs is 3. The molecule has 0 bridgehead atoms. The van der Waals surface area contributed by atoms with Crippen molar-refractivity contribution < 1.29 is 9.59 Å². The van der Waals surface area contributed by atoms with Crippen LogP contribution in [-0.2, 0) is 21.4 Å². The number of carbonyl (C=O) groups is 2. The normalized spacial score (nSPS) is 23.6. The zero-order valence-corrected chi connectivity index (χ0v) is 18.6. The molecule has 1 N–H and O–H groups in total. The van der Waals surface area contributed by atoms with Crippen molar-refractivity contribution in [3.8, 4) is 11.1 Å². The third-order valence-electron chi connectivity index (χ3n) is 6.88. The third-order valence-corrected chi connectivity index (χ3v) is 6.88. The van der Waals surface area contributed by atoms with Crippen molar-refractivity contribution in [1.29, 1.82) is 0 Å². The van der Waals surface area contributed by atoms with E-state index < -0.39 is 5.41 Å². The van der Waals surface area contributed by atoms with Gasteiger partial charge in [0, 0.05) is 42.1 Å². The Morgan fingerprint density at radius 3 is 2.57 bits per heavy atom. The van der Waals surface area contributed by atoms with E-state index in [1.807, 2.05) is 51.0 Å². The van der Waals surface area contributed by atoms with Crippen LogP contribution in [-0.4, -0.2) is 34.8 Å². The average Bonchev–Trinajstić information content (AvgIpc) is 2.70. The highest BCUT2D eigenvalue weighted by Gasteiger charge is 2.46. The van der Waals surface area contributed by atoms with Gasteiger partial charge in [-0.05, 0) is 48.1 Å². The summed E-state index contributed by atoms with van der Waals surface area (Å²) in [4.78, 5) is 30.8. The van der Waals surface area contributed by atoms with E-state index in [1.54, 1.807) is 0 Å². The Balaban J connectivity index is 1.58. The van der Waals surface area contributed by atoms with Gasteiger partial charge in [-0.1, -0.05) is 45.9 Å². The molecular weight excluding hydrogens is 374 g/mol. The molecule has 2 heterocycles. The van der Waals surface area contributed by atoms with Gasteiger partial charge in [-0.3, -0.25) is 9.59 Å². The second-order valence-electron chi connectivity index (χ2n) is 9.98. The van der Waals surface area contributed by atoms with E-state index in [4.69, 9.17) is 0 Å². The van der Waals surface area contributed by atoms with Crippen LogP contribution in [0.2, 0.25) is 0 Å². The van der Waals surface area contributed by atoms with Gasteiger partial charge in [0.2, 0.25) is 11.8 Å². The standard InChI is InChI=1S/C25H31N3O2/c1-24(2,3)23(30)27-21-11-8-18(15-26-21)16-6-9-19-17(14-16)7-10-20-25(19,4)13-12-22(29)28(20)5/h6,8-9,11,14-15,20H,7,10,12-13H2,1-5H3,(H,26,27,30)/t20-,25-/m1/s1. The Labute approximate surface area is 178 Å². The van der Waals surface area contributed by atoms with Gasteiger partial charge in [0.1, 0.15) is 5.82 Å². The molecule has 2 atom stereocenters. The lowest BCUT2D eigenvalue weighted by atomic mass is 9.63. The van der Waals surface area contributed by atoms with Crippen molar-refractivity contribution in [2.45, 2.75) is 64.8 Å². The van der Waals surface area contributed by atoms with Gasteiger partial charge >= 0.3 is 0 Å². The maximum Gasteiger partial charge on any atom is 0.230 e. The number of anilines is 1. The molecular formula is C25H31N3O2. The molecule has 2 aliphatic rings. The summed E-state index contributed by atoms with van der Waals surface area (Å²) < 4.78 is 0. The first-order chi connectivity index (χ1) is 14.1. The lowest BCUT2D eigenvalue weighted by Gasteiger charge is -2.50. The largest absolute Gasteiger partial charge is 0.342 e. The number of piperidine rings is 1. The summed E-state index contributed by atoms with van der Waals surface area (Å²) in [5.74, 6) is 0.791. The molecule has 1 aliphatic heterocycles. The summed E-state index contributed by atoms with van der Waals surface area (Å²) in [6, 6.07) is 10.8. The number of hydrogen-bond donors (Lipinski definition) is 1. The highest BCUT2D eigenvalue weighted by atomic mass is 16.2. The third kappa shape index (κ3) is 3.51. The van der Waals surface area contributed by atoms with Crippen molar-refractivity contribution in [2.75, 3.05) is 12.4 Å². The van der Waals surface area contributed by atoms with Crippen molar-refractivity contribution >= 4 is 17.6 Å². The van der Waals surface area contributed by atoms with E-state index in [0.29, 0.717) is 12.2 Å². The van der Waals surface area contributed by atoms with Crippen LogP contribution in [0.1, 0.15) is 58.1 Å². The molecule has 30 heavy (non-hydrogen) atoms. The SMILES string of the molecule is CN1C(=O)CC[C@]2(C)c3ccc(-c4ccc(NC(=O)C(C)(C)C)nc4)cc3CC[C@@H]12. The minimum absolute atomic E-state index is 0.0219. The Kier molecular flexibility index (Phi) is 4.95. The van der Waals surface area contributed by atoms with Gasteiger partial charge in [-0.2, -0.15) is 0 Å². The molecule has 0 spiro atoms. The van der Waals surface area contributed by atoms with Crippen LogP contribution in [0.4, 0.5) is 5.82 Å². The number of nitrogens with zero attached hydrogens (tertiary/aromatic N) is 2. The quantitative estimate of drug-likeness (QED) is 0.797. The molecule has 0 radical (unpaired) electrons. The summed E-state index contributed by atoms with van der Waals surface area (Å²) in [6.45, 7) is 7.96. The monoisotopic (exact) mass is 405 g/mol. The molecule has 5 nitrogen and oxygen atoms in total. The summed E-state index contributed by atoms with van der Waals surface area (Å²) in [6.07, 6.45) is 5.34. The average molecular weight is 406 g/mol. The second kappa shape index (κ2) is 7.22. The molecule has 1 aromatic carbocycles. The molecule has 2 amide bonds. The molecule has 0 saturated carbocycles. The van der Waals surface area contributed by atoms with Gasteiger partial charge in [0.15, 0.2) is 0 Å². The first-order valence-corrected chi connectivity index (χ1v) is 10.8. The van der Waals surface area contributed by atoms with E-state index in [-0.39, 0.29) is 23.3 Å². The van der Waals surface area contributed by atoms with Gasteiger partial charge in [-0.25, -0.2) is 4.98 Å². The van der Waals surface area contributed by atoms with Crippen molar-refractivity contribution in [3.05, 3.63) is 47.7 Å². The zero-order chi connectivity index (χ0) is 21.7. The van der Waals surface area contributed by atoms with Crippen LogP contribution in [0, 0.1) is 5.41 Å². The smallest absolute Gasteiger partial charge is 0.230 e. The number of amides is 2. The zero-order valence-electron chi connectivity index (χ0n) is 18.6. The van der Waals surface area contributed by atoms with Crippen molar-refractivity contribution in [2.24, 2.45) is 5.41 Å². The van der Waals surface area contributed by atoms with Crippen LogP contribution >= 0.6 is 0 Å². The fourth-order valence-corrected chi connectivity index (χ4v) is 4.91. The molecule has 5 heteroatoms.